The molecule has 40 heavy (non-hydrogen) atoms. The number of hydrogen-bond acceptors (Lipinski definition) is 5. The fourth-order valence-corrected chi connectivity index (χ4v) is 5.56. The molecule has 8 heteroatoms. The van der Waals surface area contributed by atoms with E-state index in [2.05, 4.69) is 13.5 Å². The van der Waals surface area contributed by atoms with E-state index in [0.29, 0.717) is 54.6 Å². The maximum Gasteiger partial charge on any atom is 0.254 e. The number of aryl methyl sites for hydroxylation is 1. The second-order valence-corrected chi connectivity index (χ2v) is 10.5. The molecule has 1 amide bonds. The minimum absolute atomic E-state index is 0.102. The van der Waals surface area contributed by atoms with E-state index in [1.54, 1.807) is 34.2 Å². The topological polar surface area (TPSA) is 67.2 Å². The number of nitrogens with zero attached hydrogens (tertiary/aromatic N) is 3. The van der Waals surface area contributed by atoms with Gasteiger partial charge in [-0.2, -0.15) is 0 Å². The highest BCUT2D eigenvalue weighted by Gasteiger charge is 2.28. The number of aliphatic hydroxyl groups is 2. The van der Waals surface area contributed by atoms with E-state index in [0.717, 1.165) is 28.7 Å². The Morgan fingerprint density at radius 1 is 1.07 bits per heavy atom. The Hall–Kier alpha value is -3.23. The maximum atomic E-state index is 15.0. The largest absolute Gasteiger partial charge is 0.395 e. The van der Waals surface area contributed by atoms with Gasteiger partial charge in [-0.15, -0.1) is 0 Å². The normalized spacial score (nSPS) is 16.9. The van der Waals surface area contributed by atoms with Gasteiger partial charge in [0.1, 0.15) is 11.0 Å². The van der Waals surface area contributed by atoms with Gasteiger partial charge in [0.2, 0.25) is 0 Å². The van der Waals surface area contributed by atoms with Crippen LogP contribution in [0.25, 0.3) is 16.7 Å². The first kappa shape index (κ1) is 29.7. The smallest absolute Gasteiger partial charge is 0.254 e. The van der Waals surface area contributed by atoms with Crippen LogP contribution in [0.15, 0.2) is 83.8 Å². The van der Waals surface area contributed by atoms with Gasteiger partial charge >= 0.3 is 0 Å². The van der Waals surface area contributed by atoms with Gasteiger partial charge < -0.3 is 20.0 Å². The Balaban J connectivity index is 1.57. The van der Waals surface area contributed by atoms with E-state index in [9.17, 15) is 19.4 Å². The lowest BCUT2D eigenvalue weighted by molar-refractivity contribution is -0.129. The van der Waals surface area contributed by atoms with Crippen molar-refractivity contribution in [2.45, 2.75) is 32.7 Å². The lowest BCUT2D eigenvalue weighted by Crippen LogP contribution is -2.54. The summed E-state index contributed by atoms with van der Waals surface area (Å²) in [4.78, 5) is 18.8. The summed E-state index contributed by atoms with van der Waals surface area (Å²) >= 11 is 7.04. The Morgan fingerprint density at radius 3 is 2.40 bits per heavy atom. The monoisotopic (exact) mass is 565 g/mol. The lowest BCUT2D eigenvalue weighted by Gasteiger charge is -2.38. The van der Waals surface area contributed by atoms with Crippen LogP contribution in [0, 0.1) is 12.7 Å². The predicted molar refractivity (Wildman–Crippen MR) is 159 cm³/mol. The summed E-state index contributed by atoms with van der Waals surface area (Å²) < 4.78 is 15.0. The van der Waals surface area contributed by atoms with Crippen LogP contribution in [0.3, 0.4) is 0 Å². The van der Waals surface area contributed by atoms with Gasteiger partial charge in [-0.1, -0.05) is 67.9 Å². The van der Waals surface area contributed by atoms with Crippen LogP contribution >= 0.6 is 11.6 Å². The highest BCUT2D eigenvalue weighted by atomic mass is 35.5. The van der Waals surface area contributed by atoms with Crippen molar-refractivity contribution in [3.8, 4) is 11.1 Å². The zero-order valence-corrected chi connectivity index (χ0v) is 23.9. The van der Waals surface area contributed by atoms with Gasteiger partial charge in [-0.3, -0.25) is 9.69 Å². The fourth-order valence-electron chi connectivity index (χ4n) is 5.20. The summed E-state index contributed by atoms with van der Waals surface area (Å²) in [6.45, 7) is 10.0. The summed E-state index contributed by atoms with van der Waals surface area (Å²) in [5, 5.41) is 19.4. The number of halogens is 2. The van der Waals surface area contributed by atoms with E-state index < -0.39 is 0 Å². The summed E-state index contributed by atoms with van der Waals surface area (Å²) in [5.41, 5.74) is 4.93. The fraction of sp³-hybridized carbons (Fsp3) is 0.344. The van der Waals surface area contributed by atoms with Gasteiger partial charge in [0.25, 0.3) is 5.91 Å². The van der Waals surface area contributed by atoms with E-state index in [-0.39, 0.29) is 31.0 Å². The summed E-state index contributed by atoms with van der Waals surface area (Å²) in [5.74, 6) is -0.382. The first-order valence-corrected chi connectivity index (χ1v) is 14.0. The molecular weight excluding hydrogens is 529 g/mol. The number of carbonyl (C=O) groups excluding carboxylic acids is 1. The molecule has 0 saturated carbocycles. The quantitative estimate of drug-likeness (QED) is 0.405. The molecule has 0 spiro atoms. The van der Waals surface area contributed by atoms with Crippen molar-refractivity contribution < 1.29 is 19.4 Å². The molecule has 212 valence electrons. The second kappa shape index (κ2) is 13.4. The SMILES string of the molecule is C=C1C=C(C(=O)N2CCN(C(CO)CO)CC2)C=CN1/C(Cl)=C(\CCC)c1ccccc1-c1ccc(C)cc1F. The van der Waals surface area contributed by atoms with Crippen molar-refractivity contribution in [2.24, 2.45) is 0 Å². The van der Waals surface area contributed by atoms with Crippen molar-refractivity contribution in [3.05, 3.63) is 101 Å². The highest BCUT2D eigenvalue weighted by molar-refractivity contribution is 6.32. The Labute approximate surface area is 241 Å². The number of carbonyl (C=O) groups is 1. The van der Waals surface area contributed by atoms with Gasteiger partial charge in [0.15, 0.2) is 0 Å². The van der Waals surface area contributed by atoms with Crippen molar-refractivity contribution in [1.29, 1.82) is 0 Å². The molecule has 2 aromatic rings. The van der Waals surface area contributed by atoms with E-state index in [1.165, 1.54) is 6.07 Å². The molecule has 0 aromatic heterocycles. The Kier molecular flexibility index (Phi) is 9.98. The van der Waals surface area contributed by atoms with Crippen LogP contribution in [0.4, 0.5) is 4.39 Å². The van der Waals surface area contributed by atoms with Crippen molar-refractivity contribution >= 4 is 23.1 Å². The molecule has 0 atom stereocenters. The van der Waals surface area contributed by atoms with Gasteiger partial charge in [-0.05, 0) is 53.8 Å². The van der Waals surface area contributed by atoms with Crippen LogP contribution in [-0.2, 0) is 4.79 Å². The van der Waals surface area contributed by atoms with Crippen LogP contribution in [-0.4, -0.2) is 76.3 Å². The lowest BCUT2D eigenvalue weighted by atomic mass is 9.92. The molecule has 4 rings (SSSR count). The zero-order chi connectivity index (χ0) is 28.8. The number of aliphatic hydroxyl groups excluding tert-OH is 2. The average Bonchev–Trinajstić information content (AvgIpc) is 2.96. The number of benzene rings is 2. The van der Waals surface area contributed by atoms with E-state index >= 15 is 0 Å². The number of piperazine rings is 1. The third kappa shape index (κ3) is 6.39. The molecule has 0 unspecified atom stereocenters. The number of rotatable bonds is 9. The standard InChI is InChI=1S/C32H37ClFN3O3/c1-4-7-29(27-9-6-5-8-26(27)28-11-10-22(2)18-30(28)34)31(33)37-13-12-24(19-23(37)3)32(40)36-16-14-35(15-17-36)25(20-38)21-39/h5-6,8-13,18-19,25,38-39H,3-4,7,14-17,20-21H2,1-2H3/b31-29+. The first-order chi connectivity index (χ1) is 19.3. The van der Waals surface area contributed by atoms with Crippen LogP contribution in [0.2, 0.25) is 0 Å². The molecule has 1 saturated heterocycles. The summed E-state index contributed by atoms with van der Waals surface area (Å²) in [6.07, 6.45) is 6.73. The molecule has 0 aliphatic carbocycles. The number of amides is 1. The first-order valence-electron chi connectivity index (χ1n) is 13.7. The van der Waals surface area contributed by atoms with Crippen LogP contribution in [0.1, 0.15) is 30.9 Å². The van der Waals surface area contributed by atoms with Crippen molar-refractivity contribution in [1.82, 2.24) is 14.7 Å². The van der Waals surface area contributed by atoms with Crippen LogP contribution < -0.4 is 0 Å². The highest BCUT2D eigenvalue weighted by Crippen LogP contribution is 2.38. The molecule has 0 bridgehead atoms. The molecule has 2 aliphatic rings. The third-order valence-electron chi connectivity index (χ3n) is 7.45. The van der Waals surface area contributed by atoms with Crippen molar-refractivity contribution in [3.63, 3.8) is 0 Å². The number of allylic oxidation sites excluding steroid dienone is 2. The third-order valence-corrected chi connectivity index (χ3v) is 7.86. The molecular formula is C32H37ClFN3O3. The van der Waals surface area contributed by atoms with E-state index in [1.807, 2.05) is 42.2 Å². The second-order valence-electron chi connectivity index (χ2n) is 10.2. The van der Waals surface area contributed by atoms with E-state index in [4.69, 9.17) is 11.6 Å². The molecule has 2 aromatic carbocycles. The van der Waals surface area contributed by atoms with Gasteiger partial charge in [0.05, 0.1) is 19.3 Å². The Bertz CT molecular complexity index is 1340. The molecule has 2 heterocycles. The van der Waals surface area contributed by atoms with Crippen molar-refractivity contribution in [2.75, 3.05) is 39.4 Å². The average molecular weight is 566 g/mol. The van der Waals surface area contributed by atoms with Gasteiger partial charge in [0, 0.05) is 49.2 Å². The minimum atomic E-state index is -0.307. The van der Waals surface area contributed by atoms with Gasteiger partial charge in [-0.25, -0.2) is 4.39 Å². The Morgan fingerprint density at radius 2 is 1.77 bits per heavy atom. The molecule has 1 fully saturated rings. The molecule has 6 nitrogen and oxygen atoms in total. The zero-order valence-electron chi connectivity index (χ0n) is 23.1. The summed E-state index contributed by atoms with van der Waals surface area (Å²) in [6, 6.07) is 12.6. The molecule has 0 radical (unpaired) electrons. The minimum Gasteiger partial charge on any atom is -0.395 e. The predicted octanol–water partition coefficient (Wildman–Crippen LogP) is 5.28. The molecule has 2 N–H and O–H groups in total. The summed E-state index contributed by atoms with van der Waals surface area (Å²) in [7, 11) is 0. The number of hydrogen-bond donors (Lipinski definition) is 2. The van der Waals surface area contributed by atoms with Crippen LogP contribution in [0.5, 0.6) is 0 Å². The maximum absolute atomic E-state index is 15.0. The molecule has 2 aliphatic heterocycles.